The Morgan fingerprint density at radius 2 is 1.36 bits per heavy atom. The zero-order valence-electron chi connectivity index (χ0n) is 25.5. The Bertz CT molecular complexity index is 2430. The number of hydrogen-bond acceptors (Lipinski definition) is 4. The molecule has 5 heterocycles. The summed E-state index contributed by atoms with van der Waals surface area (Å²) in [6, 6.07) is 48.6. The van der Waals surface area contributed by atoms with E-state index in [-0.39, 0.29) is 6.04 Å². The summed E-state index contributed by atoms with van der Waals surface area (Å²) in [7, 11) is 0. The second-order valence-corrected chi connectivity index (χ2v) is 11.8. The second kappa shape index (κ2) is 11.2. The highest BCUT2D eigenvalue weighted by molar-refractivity contribution is 5.92. The van der Waals surface area contributed by atoms with Crippen LogP contribution in [0.25, 0.3) is 67.3 Å². The molecule has 0 radical (unpaired) electrons. The highest BCUT2D eigenvalue weighted by Gasteiger charge is 2.26. The molecule has 0 saturated heterocycles. The lowest BCUT2D eigenvalue weighted by molar-refractivity contribution is 0.721. The molecule has 1 aliphatic rings. The van der Waals surface area contributed by atoms with Crippen LogP contribution in [0.15, 0.2) is 158 Å². The van der Waals surface area contributed by atoms with Crippen molar-refractivity contribution in [2.75, 3.05) is 0 Å². The normalized spacial score (nSPS) is 13.8. The zero-order chi connectivity index (χ0) is 31.2. The predicted octanol–water partition coefficient (Wildman–Crippen LogP) is 9.63. The van der Waals surface area contributed by atoms with Gasteiger partial charge in [-0.1, -0.05) is 91.0 Å². The number of para-hydroxylation sites is 1. The molecule has 0 spiro atoms. The lowest BCUT2D eigenvalue weighted by atomic mass is 9.94. The van der Waals surface area contributed by atoms with Gasteiger partial charge in [0.25, 0.3) is 0 Å². The zero-order valence-corrected chi connectivity index (χ0v) is 25.5. The Morgan fingerprint density at radius 1 is 0.574 bits per heavy atom. The fraction of sp³-hybridized carbons (Fsp3) is 0.0238. The van der Waals surface area contributed by atoms with Crippen LogP contribution in [0.1, 0.15) is 22.9 Å². The van der Waals surface area contributed by atoms with E-state index < -0.39 is 0 Å². The smallest absolute Gasteiger partial charge is 0.137 e. The first-order valence-corrected chi connectivity index (χ1v) is 15.8. The van der Waals surface area contributed by atoms with Gasteiger partial charge in [-0.2, -0.15) is 0 Å². The quantitative estimate of drug-likeness (QED) is 0.213. The molecule has 222 valence electrons. The Hall–Kier alpha value is -6.33. The average molecular weight is 604 g/mol. The molecule has 1 atom stereocenters. The molecule has 5 nitrogen and oxygen atoms in total. The van der Waals surface area contributed by atoms with Gasteiger partial charge >= 0.3 is 0 Å². The summed E-state index contributed by atoms with van der Waals surface area (Å²) in [6.07, 6.45) is 7.98. The molecule has 1 N–H and O–H groups in total. The van der Waals surface area contributed by atoms with Crippen molar-refractivity contribution in [3.63, 3.8) is 0 Å². The maximum absolute atomic E-state index is 5.08. The first kappa shape index (κ1) is 27.0. The van der Waals surface area contributed by atoms with Crippen LogP contribution in [0.4, 0.5) is 0 Å². The molecule has 1 unspecified atom stereocenters. The molecule has 5 heteroatoms. The SMILES string of the molecule is C1=Cc2c(c3ccccc3n2-c2ccc(-c3cc(-c4ccc5ccccc5c4)nc(-c4ccccn4)c3)cn2)C(c2ccccc2)N1. The minimum atomic E-state index is 0.0528. The number of aromatic nitrogens is 4. The van der Waals surface area contributed by atoms with Crippen LogP contribution in [0.3, 0.4) is 0 Å². The Morgan fingerprint density at radius 3 is 2.21 bits per heavy atom. The number of benzene rings is 4. The van der Waals surface area contributed by atoms with Gasteiger partial charge in [0.15, 0.2) is 0 Å². The highest BCUT2D eigenvalue weighted by atomic mass is 15.1. The van der Waals surface area contributed by atoms with E-state index in [9.17, 15) is 0 Å². The molecule has 0 saturated carbocycles. The van der Waals surface area contributed by atoms with Gasteiger partial charge in [0.1, 0.15) is 5.82 Å². The van der Waals surface area contributed by atoms with Crippen LogP contribution >= 0.6 is 0 Å². The topological polar surface area (TPSA) is 55.6 Å². The number of rotatable bonds is 5. The molecule has 8 aromatic rings. The molecule has 0 amide bonds. The van der Waals surface area contributed by atoms with E-state index >= 15 is 0 Å². The van der Waals surface area contributed by atoms with Crippen molar-refractivity contribution >= 4 is 27.8 Å². The molecule has 4 aromatic carbocycles. The third kappa shape index (κ3) is 4.77. The lowest BCUT2D eigenvalue weighted by Gasteiger charge is -2.23. The summed E-state index contributed by atoms with van der Waals surface area (Å²) in [5.41, 5.74) is 10.4. The highest BCUT2D eigenvalue weighted by Crippen LogP contribution is 2.39. The first-order valence-electron chi connectivity index (χ1n) is 15.8. The molecule has 4 aromatic heterocycles. The monoisotopic (exact) mass is 603 g/mol. The number of nitrogens with zero attached hydrogens (tertiary/aromatic N) is 4. The van der Waals surface area contributed by atoms with E-state index in [2.05, 4.69) is 142 Å². The van der Waals surface area contributed by atoms with E-state index in [0.29, 0.717) is 0 Å². The Kier molecular flexibility index (Phi) is 6.46. The lowest BCUT2D eigenvalue weighted by Crippen LogP contribution is -2.21. The molecule has 0 fully saturated rings. The van der Waals surface area contributed by atoms with Gasteiger partial charge < -0.3 is 5.32 Å². The Labute approximate surface area is 272 Å². The minimum absolute atomic E-state index is 0.0528. The van der Waals surface area contributed by atoms with E-state index in [1.165, 1.54) is 27.3 Å². The molecular weight excluding hydrogens is 574 g/mol. The van der Waals surface area contributed by atoms with Crippen molar-refractivity contribution in [1.29, 1.82) is 0 Å². The van der Waals surface area contributed by atoms with Crippen molar-refractivity contribution < 1.29 is 0 Å². The second-order valence-electron chi connectivity index (χ2n) is 11.8. The summed E-state index contributed by atoms with van der Waals surface area (Å²) in [5.74, 6) is 0.873. The fourth-order valence-corrected chi connectivity index (χ4v) is 6.74. The van der Waals surface area contributed by atoms with Crippen molar-refractivity contribution in [2.24, 2.45) is 0 Å². The largest absolute Gasteiger partial charge is 0.380 e. The molecule has 47 heavy (non-hydrogen) atoms. The summed E-state index contributed by atoms with van der Waals surface area (Å²) in [5, 5.41) is 7.21. The summed E-state index contributed by atoms with van der Waals surface area (Å²) in [4.78, 5) is 14.8. The van der Waals surface area contributed by atoms with Crippen molar-refractivity contribution in [1.82, 2.24) is 24.8 Å². The van der Waals surface area contributed by atoms with E-state index in [1.54, 1.807) is 0 Å². The number of nitrogens with one attached hydrogen (secondary N) is 1. The summed E-state index contributed by atoms with van der Waals surface area (Å²) in [6.45, 7) is 0. The molecular formula is C42H29N5. The Balaban J connectivity index is 1.16. The van der Waals surface area contributed by atoms with Gasteiger partial charge in [0.05, 0.1) is 34.3 Å². The maximum atomic E-state index is 5.08. The van der Waals surface area contributed by atoms with Crippen LogP contribution in [0.2, 0.25) is 0 Å². The first-order chi connectivity index (χ1) is 23.3. The van der Waals surface area contributed by atoms with E-state index in [0.717, 1.165) is 50.8 Å². The van der Waals surface area contributed by atoms with E-state index in [4.69, 9.17) is 9.97 Å². The molecule has 0 aliphatic carbocycles. The molecule has 9 rings (SSSR count). The van der Waals surface area contributed by atoms with Crippen molar-refractivity contribution in [2.45, 2.75) is 6.04 Å². The van der Waals surface area contributed by atoms with Crippen LogP contribution < -0.4 is 5.32 Å². The summed E-state index contributed by atoms with van der Waals surface area (Å²) < 4.78 is 2.27. The number of pyridine rings is 3. The standard InChI is InChI=1S/C42H29N5/c1-2-11-29(12-3-1)42-41-34-14-6-7-16-38(34)47(39(41)21-23-44-42)40-20-19-32(27-45-40)33-25-36(46-37(26-33)35-15-8-9-22-43-35)31-18-17-28-10-4-5-13-30(28)24-31/h1-27,42,44H. The van der Waals surface area contributed by atoms with Gasteiger partial charge in [-0.3, -0.25) is 9.55 Å². The third-order valence-electron chi connectivity index (χ3n) is 8.99. The average Bonchev–Trinajstić information content (AvgIpc) is 3.50. The number of hydrogen-bond donors (Lipinski definition) is 1. The summed E-state index contributed by atoms with van der Waals surface area (Å²) >= 11 is 0. The molecule has 1 aliphatic heterocycles. The van der Waals surface area contributed by atoms with Gasteiger partial charge in [-0.25, -0.2) is 9.97 Å². The van der Waals surface area contributed by atoms with Crippen LogP contribution in [0, 0.1) is 0 Å². The van der Waals surface area contributed by atoms with Gasteiger partial charge in [-0.05, 0) is 82.7 Å². The van der Waals surface area contributed by atoms with Gasteiger partial charge in [0, 0.05) is 34.5 Å². The minimum Gasteiger partial charge on any atom is -0.380 e. The fourth-order valence-electron chi connectivity index (χ4n) is 6.74. The van der Waals surface area contributed by atoms with Gasteiger partial charge in [0.2, 0.25) is 0 Å². The van der Waals surface area contributed by atoms with Crippen molar-refractivity contribution in [3.8, 4) is 39.6 Å². The van der Waals surface area contributed by atoms with E-state index in [1.807, 2.05) is 36.8 Å². The number of fused-ring (bicyclic) bond motifs is 4. The van der Waals surface area contributed by atoms with Crippen LogP contribution in [-0.4, -0.2) is 19.5 Å². The van der Waals surface area contributed by atoms with Gasteiger partial charge in [-0.15, -0.1) is 0 Å². The van der Waals surface area contributed by atoms with Crippen LogP contribution in [-0.2, 0) is 0 Å². The molecule has 0 bridgehead atoms. The van der Waals surface area contributed by atoms with Crippen LogP contribution in [0.5, 0.6) is 0 Å². The van der Waals surface area contributed by atoms with Crippen molar-refractivity contribution in [3.05, 3.63) is 175 Å². The predicted molar refractivity (Wildman–Crippen MR) is 191 cm³/mol. The third-order valence-corrected chi connectivity index (χ3v) is 8.99. The maximum Gasteiger partial charge on any atom is 0.137 e.